The molecule has 29 heavy (non-hydrogen) atoms. The summed E-state index contributed by atoms with van der Waals surface area (Å²) in [5.74, 6) is 8.72. The van der Waals surface area contributed by atoms with Crippen LogP contribution in [0.4, 0.5) is 11.8 Å². The van der Waals surface area contributed by atoms with Crippen molar-refractivity contribution in [1.82, 2.24) is 9.97 Å². The van der Waals surface area contributed by atoms with E-state index in [1.165, 1.54) is 5.56 Å². The minimum Gasteiger partial charge on any atom is -0.611 e. The van der Waals surface area contributed by atoms with Gasteiger partial charge in [0.25, 0.3) is 0 Å². The molecule has 2 aromatic rings. The van der Waals surface area contributed by atoms with E-state index in [-0.39, 0.29) is 12.1 Å². The Kier molecular flexibility index (Phi) is 5.08. The molecule has 5 rings (SSSR count). The van der Waals surface area contributed by atoms with Crippen molar-refractivity contribution >= 4 is 34.5 Å². The number of piperidine rings is 1. The molecule has 1 aliphatic carbocycles. The number of nitrogens with zero attached hydrogens (tertiary/aromatic N) is 4. The van der Waals surface area contributed by atoms with Crippen LogP contribution in [-0.2, 0) is 17.6 Å². The molecule has 1 saturated carbocycles. The number of fused-ring (bicyclic) bond motifs is 1. The van der Waals surface area contributed by atoms with Gasteiger partial charge in [0.15, 0.2) is 0 Å². The summed E-state index contributed by atoms with van der Waals surface area (Å²) in [5, 5.41) is 2.39. The number of hydrogen-bond donors (Lipinski definition) is 2. The van der Waals surface area contributed by atoms with Crippen LogP contribution in [0.25, 0.3) is 0 Å². The SMILES string of the molecule is N[C@@H]1C[C@@H]1N(N)c1nc(N2CCC(c3ccc(Cl)cc3)CC2)nc2c1[S+]([O-])CC2. The van der Waals surface area contributed by atoms with Crippen LogP contribution in [0.15, 0.2) is 29.2 Å². The molecule has 0 radical (unpaired) electrons. The quantitative estimate of drug-likeness (QED) is 0.432. The van der Waals surface area contributed by atoms with Gasteiger partial charge in [0, 0.05) is 30.6 Å². The third-order valence-corrected chi connectivity index (χ3v) is 7.88. The first-order valence-electron chi connectivity index (χ1n) is 10.1. The topological polar surface area (TPSA) is 107 Å². The summed E-state index contributed by atoms with van der Waals surface area (Å²) in [7, 11) is 0. The Bertz CT molecular complexity index is 905. The van der Waals surface area contributed by atoms with Gasteiger partial charge >= 0.3 is 0 Å². The van der Waals surface area contributed by atoms with E-state index in [4.69, 9.17) is 33.1 Å². The predicted octanol–water partition coefficient (Wildman–Crippen LogP) is 1.96. The highest BCUT2D eigenvalue weighted by atomic mass is 35.5. The molecule has 1 saturated heterocycles. The Morgan fingerprint density at radius 1 is 1.17 bits per heavy atom. The Hall–Kier alpha value is -1.58. The minimum atomic E-state index is -1.09. The molecular formula is C20H25ClN6OS. The van der Waals surface area contributed by atoms with Gasteiger partial charge in [0.05, 0.1) is 6.04 Å². The van der Waals surface area contributed by atoms with Gasteiger partial charge in [-0.3, -0.25) is 5.01 Å². The highest BCUT2D eigenvalue weighted by molar-refractivity contribution is 7.91. The van der Waals surface area contributed by atoms with E-state index in [2.05, 4.69) is 17.0 Å². The molecule has 0 amide bonds. The van der Waals surface area contributed by atoms with Gasteiger partial charge in [-0.15, -0.1) is 0 Å². The molecule has 4 N–H and O–H groups in total. The van der Waals surface area contributed by atoms with Crippen molar-refractivity contribution in [2.75, 3.05) is 28.8 Å². The molecule has 3 heterocycles. The fourth-order valence-electron chi connectivity index (χ4n) is 4.31. The van der Waals surface area contributed by atoms with Crippen molar-refractivity contribution < 1.29 is 4.55 Å². The second kappa shape index (κ2) is 7.59. The lowest BCUT2D eigenvalue weighted by Crippen LogP contribution is -2.39. The Morgan fingerprint density at radius 3 is 2.52 bits per heavy atom. The van der Waals surface area contributed by atoms with E-state index in [1.807, 2.05) is 12.1 Å². The van der Waals surface area contributed by atoms with Crippen LogP contribution in [0, 0.1) is 0 Å². The summed E-state index contributed by atoms with van der Waals surface area (Å²) < 4.78 is 12.5. The summed E-state index contributed by atoms with van der Waals surface area (Å²) in [6, 6.07) is 8.27. The second-order valence-corrected chi connectivity index (χ2v) is 10.1. The number of rotatable bonds is 4. The number of anilines is 2. The minimum absolute atomic E-state index is 0.0547. The first kappa shape index (κ1) is 19.4. The van der Waals surface area contributed by atoms with Gasteiger partial charge in [-0.2, -0.15) is 4.98 Å². The van der Waals surface area contributed by atoms with Crippen molar-refractivity contribution in [3.05, 3.63) is 40.5 Å². The van der Waals surface area contributed by atoms with E-state index < -0.39 is 11.2 Å². The molecule has 3 atom stereocenters. The average Bonchev–Trinajstić information content (AvgIpc) is 3.36. The number of aryl methyl sites for hydroxylation is 1. The van der Waals surface area contributed by atoms with Crippen LogP contribution in [0.2, 0.25) is 5.02 Å². The molecule has 1 aromatic carbocycles. The molecule has 3 aliphatic rings. The molecule has 2 aliphatic heterocycles. The Labute approximate surface area is 178 Å². The summed E-state index contributed by atoms with van der Waals surface area (Å²) >= 11 is 4.93. The van der Waals surface area contributed by atoms with Gasteiger partial charge in [-0.25, -0.2) is 10.8 Å². The Morgan fingerprint density at radius 2 is 1.86 bits per heavy atom. The number of hydrogen-bond acceptors (Lipinski definition) is 7. The van der Waals surface area contributed by atoms with Gasteiger partial charge < -0.3 is 15.2 Å². The van der Waals surface area contributed by atoms with Crippen molar-refractivity contribution in [2.24, 2.45) is 11.6 Å². The van der Waals surface area contributed by atoms with Crippen molar-refractivity contribution in [3.63, 3.8) is 0 Å². The monoisotopic (exact) mass is 432 g/mol. The largest absolute Gasteiger partial charge is 0.611 e. The van der Waals surface area contributed by atoms with Crippen LogP contribution < -0.4 is 21.5 Å². The lowest BCUT2D eigenvalue weighted by molar-refractivity contribution is 0.498. The number of halogens is 1. The summed E-state index contributed by atoms with van der Waals surface area (Å²) in [4.78, 5) is 12.5. The molecule has 154 valence electrons. The maximum absolute atomic E-state index is 12.5. The third-order valence-electron chi connectivity index (χ3n) is 6.18. The fraction of sp³-hybridized carbons (Fsp3) is 0.500. The molecule has 1 aromatic heterocycles. The first-order chi connectivity index (χ1) is 14.0. The summed E-state index contributed by atoms with van der Waals surface area (Å²) in [6.45, 7) is 1.75. The summed E-state index contributed by atoms with van der Waals surface area (Å²) in [5.41, 5.74) is 8.18. The first-order valence-corrected chi connectivity index (χ1v) is 11.8. The van der Waals surface area contributed by atoms with E-state index in [0.29, 0.717) is 34.8 Å². The van der Waals surface area contributed by atoms with E-state index in [1.54, 1.807) is 5.01 Å². The van der Waals surface area contributed by atoms with Crippen molar-refractivity contribution in [1.29, 1.82) is 0 Å². The highest BCUT2D eigenvalue weighted by Crippen LogP contribution is 2.38. The van der Waals surface area contributed by atoms with E-state index in [9.17, 15) is 4.55 Å². The number of benzene rings is 1. The van der Waals surface area contributed by atoms with Crippen molar-refractivity contribution in [3.8, 4) is 0 Å². The van der Waals surface area contributed by atoms with Crippen molar-refractivity contribution in [2.45, 2.75) is 48.6 Å². The molecule has 9 heteroatoms. The van der Waals surface area contributed by atoms with Gasteiger partial charge in [-0.05, 0) is 54.1 Å². The predicted molar refractivity (Wildman–Crippen MR) is 116 cm³/mol. The number of hydrazine groups is 1. The molecule has 2 fully saturated rings. The highest BCUT2D eigenvalue weighted by Gasteiger charge is 2.43. The molecule has 7 nitrogen and oxygen atoms in total. The third kappa shape index (κ3) is 3.68. The normalized spacial score (nSPS) is 26.5. The van der Waals surface area contributed by atoms with Gasteiger partial charge in [0.2, 0.25) is 16.7 Å². The molecular weight excluding hydrogens is 408 g/mol. The van der Waals surface area contributed by atoms with E-state index in [0.717, 1.165) is 43.1 Å². The Balaban J connectivity index is 1.37. The molecule has 0 bridgehead atoms. The van der Waals surface area contributed by atoms with Crippen LogP contribution in [0.3, 0.4) is 0 Å². The lowest BCUT2D eigenvalue weighted by Gasteiger charge is -2.33. The molecule has 1 unspecified atom stereocenters. The second-order valence-electron chi connectivity index (χ2n) is 8.11. The van der Waals surface area contributed by atoms with E-state index >= 15 is 0 Å². The maximum Gasteiger partial charge on any atom is 0.227 e. The van der Waals surface area contributed by atoms with Crippen LogP contribution >= 0.6 is 11.6 Å². The fourth-order valence-corrected chi connectivity index (χ4v) is 5.78. The zero-order chi connectivity index (χ0) is 20.1. The maximum atomic E-state index is 12.5. The van der Waals surface area contributed by atoms with Crippen LogP contribution in [-0.4, -0.2) is 45.4 Å². The van der Waals surface area contributed by atoms with Crippen LogP contribution in [0.1, 0.15) is 36.4 Å². The smallest absolute Gasteiger partial charge is 0.227 e. The van der Waals surface area contributed by atoms with Crippen LogP contribution in [0.5, 0.6) is 0 Å². The average molecular weight is 433 g/mol. The lowest BCUT2D eigenvalue weighted by atomic mass is 9.89. The van der Waals surface area contributed by atoms with Gasteiger partial charge in [-0.1, -0.05) is 23.7 Å². The zero-order valence-electron chi connectivity index (χ0n) is 16.1. The standard InChI is InChI=1S/C20H25ClN6OS/c21-14-3-1-12(2-4-14)13-5-8-26(9-6-13)20-24-16-7-10-29(28)18(16)19(25-20)27(23)17-11-15(17)22/h1-4,13,15,17H,5-11,22-23H2/t15-,17+,29?/m1/s1. The number of nitrogens with two attached hydrogens (primary N) is 2. The number of aromatic nitrogens is 2. The summed E-state index contributed by atoms with van der Waals surface area (Å²) in [6.07, 6.45) is 3.60. The molecule has 0 spiro atoms. The zero-order valence-corrected chi connectivity index (χ0v) is 17.7. The van der Waals surface area contributed by atoms with Gasteiger partial charge in [0.1, 0.15) is 11.4 Å².